The number of H-pyrrole nitrogens is 1. The number of aromatic amines is 1. The summed E-state index contributed by atoms with van der Waals surface area (Å²) in [7, 11) is 3.16. The number of nitrogens with one attached hydrogen (secondary N) is 1. The lowest BCUT2D eigenvalue weighted by Crippen LogP contribution is -2.37. The second kappa shape index (κ2) is 6.41. The molecule has 2 atom stereocenters. The van der Waals surface area contributed by atoms with E-state index in [4.69, 9.17) is 13.9 Å². The van der Waals surface area contributed by atoms with Crippen molar-refractivity contribution < 1.29 is 18.7 Å². The molecule has 1 amide bonds. The van der Waals surface area contributed by atoms with Gasteiger partial charge in [-0.1, -0.05) is 24.3 Å². The van der Waals surface area contributed by atoms with Crippen LogP contribution >= 0.6 is 0 Å². The highest BCUT2D eigenvalue weighted by Crippen LogP contribution is 2.52. The molecular weight excluding hydrogens is 392 g/mol. The standard InChI is InChI=1S/C25H22N2O4/c1-13-8-10-18(31-13)16-12-27-23(22-20(16)14-6-4-5-7-17(14)26-22)15-9-11-19(29-2)24(30-3)21(15)25(27)28/h4-11,16,23,26H,12H2,1-3H3/t16-,23+/m1/s1. The van der Waals surface area contributed by atoms with Gasteiger partial charge in [-0.05, 0) is 42.3 Å². The third kappa shape index (κ3) is 2.36. The number of rotatable bonds is 3. The number of carbonyl (C=O) groups excluding carboxylic acids is 1. The zero-order chi connectivity index (χ0) is 21.3. The minimum atomic E-state index is -0.197. The highest BCUT2D eigenvalue weighted by atomic mass is 16.5. The van der Waals surface area contributed by atoms with Gasteiger partial charge >= 0.3 is 0 Å². The largest absolute Gasteiger partial charge is 0.493 e. The highest BCUT2D eigenvalue weighted by molar-refractivity contribution is 6.04. The van der Waals surface area contributed by atoms with E-state index in [2.05, 4.69) is 23.2 Å². The number of hydrogen-bond acceptors (Lipinski definition) is 4. The number of hydrogen-bond donors (Lipinski definition) is 1. The molecule has 4 heterocycles. The van der Waals surface area contributed by atoms with E-state index in [1.807, 2.05) is 42.2 Å². The quantitative estimate of drug-likeness (QED) is 0.524. The number of benzene rings is 2. The molecule has 0 bridgehead atoms. The summed E-state index contributed by atoms with van der Waals surface area (Å²) in [4.78, 5) is 19.2. The molecule has 6 heteroatoms. The van der Waals surface area contributed by atoms with Crippen LogP contribution in [0.15, 0.2) is 52.9 Å². The van der Waals surface area contributed by atoms with Crippen molar-refractivity contribution in [2.75, 3.05) is 20.8 Å². The first-order valence-electron chi connectivity index (χ1n) is 10.3. The number of fused-ring (bicyclic) bond motifs is 7. The topological polar surface area (TPSA) is 67.7 Å². The average Bonchev–Trinajstić information content (AvgIpc) is 3.47. The van der Waals surface area contributed by atoms with Crippen molar-refractivity contribution in [2.24, 2.45) is 0 Å². The number of ether oxygens (including phenoxy) is 2. The summed E-state index contributed by atoms with van der Waals surface area (Å²) in [5.41, 5.74) is 4.80. The molecule has 2 aliphatic heterocycles. The maximum atomic E-state index is 13.6. The molecule has 0 saturated carbocycles. The number of para-hydroxylation sites is 1. The van der Waals surface area contributed by atoms with Gasteiger partial charge in [0.05, 0.1) is 31.7 Å². The molecule has 0 saturated heterocycles. The van der Waals surface area contributed by atoms with Crippen LogP contribution in [0, 0.1) is 6.92 Å². The van der Waals surface area contributed by atoms with Gasteiger partial charge in [0.1, 0.15) is 11.5 Å². The summed E-state index contributed by atoms with van der Waals surface area (Å²) in [5.74, 6) is 2.68. The maximum Gasteiger partial charge on any atom is 0.259 e. The zero-order valence-electron chi connectivity index (χ0n) is 17.6. The Morgan fingerprint density at radius 3 is 2.65 bits per heavy atom. The first-order chi connectivity index (χ1) is 15.1. The SMILES string of the molecule is COc1ccc2c(c1OC)C(=O)N1C[C@H](c3ccc(C)o3)c3c([nH]c4ccccc34)[C@H]21. The van der Waals surface area contributed by atoms with Crippen LogP contribution in [-0.4, -0.2) is 36.6 Å². The first-order valence-corrected chi connectivity index (χ1v) is 10.3. The molecular formula is C25H22N2O4. The summed E-state index contributed by atoms with van der Waals surface area (Å²) in [6, 6.07) is 15.9. The van der Waals surface area contributed by atoms with Crippen molar-refractivity contribution in [1.29, 1.82) is 0 Å². The van der Waals surface area contributed by atoms with Gasteiger partial charge in [0.25, 0.3) is 5.91 Å². The summed E-state index contributed by atoms with van der Waals surface area (Å²) in [5, 5.41) is 1.16. The fraction of sp³-hybridized carbons (Fsp3) is 0.240. The van der Waals surface area contributed by atoms with Crippen molar-refractivity contribution in [3.8, 4) is 11.5 Å². The van der Waals surface area contributed by atoms with Gasteiger partial charge in [0.15, 0.2) is 11.5 Å². The van der Waals surface area contributed by atoms with E-state index in [-0.39, 0.29) is 17.9 Å². The van der Waals surface area contributed by atoms with Crippen LogP contribution in [0.5, 0.6) is 11.5 Å². The lowest BCUT2D eigenvalue weighted by atomic mass is 9.85. The zero-order valence-corrected chi connectivity index (χ0v) is 17.6. The average molecular weight is 414 g/mol. The van der Waals surface area contributed by atoms with Crippen LogP contribution in [0.3, 0.4) is 0 Å². The minimum absolute atomic E-state index is 0.0478. The predicted octanol–water partition coefficient (Wildman–Crippen LogP) is 4.78. The molecule has 1 N–H and O–H groups in total. The minimum Gasteiger partial charge on any atom is -0.493 e. The smallest absolute Gasteiger partial charge is 0.259 e. The monoisotopic (exact) mass is 414 g/mol. The Balaban J connectivity index is 1.63. The first kappa shape index (κ1) is 18.1. The van der Waals surface area contributed by atoms with Crippen LogP contribution in [-0.2, 0) is 0 Å². The van der Waals surface area contributed by atoms with Crippen LogP contribution in [0.4, 0.5) is 0 Å². The van der Waals surface area contributed by atoms with E-state index in [0.29, 0.717) is 23.6 Å². The Labute approximate surface area is 179 Å². The van der Waals surface area contributed by atoms with Crippen molar-refractivity contribution in [1.82, 2.24) is 9.88 Å². The summed E-state index contributed by atoms with van der Waals surface area (Å²) >= 11 is 0. The third-order valence-corrected chi connectivity index (χ3v) is 6.54. The molecule has 156 valence electrons. The molecule has 6 rings (SSSR count). The van der Waals surface area contributed by atoms with Crippen LogP contribution in [0.2, 0.25) is 0 Å². The lowest BCUT2D eigenvalue weighted by molar-refractivity contribution is 0.0721. The molecule has 2 aliphatic rings. The number of aryl methyl sites for hydroxylation is 1. The Kier molecular flexibility index (Phi) is 3.75. The van der Waals surface area contributed by atoms with E-state index in [9.17, 15) is 4.79 Å². The number of methoxy groups -OCH3 is 2. The van der Waals surface area contributed by atoms with Gasteiger partial charge in [0.2, 0.25) is 0 Å². The van der Waals surface area contributed by atoms with Gasteiger partial charge in [-0.25, -0.2) is 0 Å². The lowest BCUT2D eigenvalue weighted by Gasteiger charge is -2.35. The van der Waals surface area contributed by atoms with Crippen molar-refractivity contribution >= 4 is 16.8 Å². The predicted molar refractivity (Wildman–Crippen MR) is 116 cm³/mol. The highest BCUT2D eigenvalue weighted by Gasteiger charge is 2.48. The Morgan fingerprint density at radius 1 is 1.06 bits per heavy atom. The van der Waals surface area contributed by atoms with E-state index >= 15 is 0 Å². The normalized spacial score (nSPS) is 19.3. The van der Waals surface area contributed by atoms with Gasteiger partial charge in [0, 0.05) is 23.1 Å². The molecule has 2 aromatic carbocycles. The Bertz CT molecular complexity index is 1350. The maximum absolute atomic E-state index is 13.6. The molecule has 0 spiro atoms. The fourth-order valence-corrected chi connectivity index (χ4v) is 5.26. The van der Waals surface area contributed by atoms with E-state index in [0.717, 1.165) is 33.7 Å². The van der Waals surface area contributed by atoms with Crippen LogP contribution in [0.25, 0.3) is 10.9 Å². The summed E-state index contributed by atoms with van der Waals surface area (Å²) in [6.45, 7) is 2.48. The van der Waals surface area contributed by atoms with Gasteiger partial charge in [-0.2, -0.15) is 0 Å². The number of nitrogens with zero attached hydrogens (tertiary/aromatic N) is 1. The van der Waals surface area contributed by atoms with E-state index < -0.39 is 0 Å². The van der Waals surface area contributed by atoms with Crippen molar-refractivity contribution in [3.05, 3.63) is 82.4 Å². The number of carbonyl (C=O) groups is 1. The molecule has 0 radical (unpaired) electrons. The molecule has 6 nitrogen and oxygen atoms in total. The molecule has 0 fully saturated rings. The second-order valence-corrected chi connectivity index (χ2v) is 8.12. The molecule has 0 aliphatic carbocycles. The third-order valence-electron chi connectivity index (χ3n) is 6.54. The van der Waals surface area contributed by atoms with E-state index in [1.165, 1.54) is 5.56 Å². The van der Waals surface area contributed by atoms with E-state index in [1.54, 1.807) is 14.2 Å². The Hall–Kier alpha value is -3.67. The second-order valence-electron chi connectivity index (χ2n) is 8.12. The molecule has 0 unspecified atom stereocenters. The Morgan fingerprint density at radius 2 is 1.90 bits per heavy atom. The van der Waals surface area contributed by atoms with Crippen LogP contribution in [0.1, 0.15) is 50.7 Å². The summed E-state index contributed by atoms with van der Waals surface area (Å²) in [6.07, 6.45) is 0. The van der Waals surface area contributed by atoms with Crippen molar-refractivity contribution in [2.45, 2.75) is 18.9 Å². The van der Waals surface area contributed by atoms with Gasteiger partial charge < -0.3 is 23.8 Å². The fourth-order valence-electron chi connectivity index (χ4n) is 5.26. The van der Waals surface area contributed by atoms with Gasteiger partial charge in [-0.3, -0.25) is 4.79 Å². The van der Waals surface area contributed by atoms with Gasteiger partial charge in [-0.15, -0.1) is 0 Å². The number of aromatic nitrogens is 1. The van der Waals surface area contributed by atoms with Crippen LogP contribution < -0.4 is 9.47 Å². The molecule has 4 aromatic rings. The van der Waals surface area contributed by atoms with Crippen molar-refractivity contribution in [3.63, 3.8) is 0 Å². The molecule has 2 aromatic heterocycles. The number of furan rings is 1. The number of amides is 1. The molecule has 31 heavy (non-hydrogen) atoms. The summed E-state index contributed by atoms with van der Waals surface area (Å²) < 4.78 is 17.1.